The Morgan fingerprint density at radius 3 is 2.74 bits per heavy atom. The van der Waals surface area contributed by atoms with Gasteiger partial charge in [-0.05, 0) is 28.5 Å². The van der Waals surface area contributed by atoms with Crippen LogP contribution in [0.1, 0.15) is 18.1 Å². The van der Waals surface area contributed by atoms with Crippen molar-refractivity contribution in [3.8, 4) is 0 Å². The lowest BCUT2D eigenvalue weighted by Gasteiger charge is -2.50. The smallest absolute Gasteiger partial charge is 0.352 e. The van der Waals surface area contributed by atoms with Crippen LogP contribution in [0.5, 0.6) is 0 Å². The normalized spacial score (nSPS) is 21.1. The number of rotatable bonds is 9. The Morgan fingerprint density at radius 1 is 1.34 bits per heavy atom. The maximum Gasteiger partial charge on any atom is 0.352 e. The molecule has 2 aromatic rings. The summed E-state index contributed by atoms with van der Waals surface area (Å²) in [6, 6.07) is 3.66. The third kappa shape index (κ3) is 4.98. The predicted octanol–water partition coefficient (Wildman–Crippen LogP) is -0.254. The number of H-pyrrole nitrogens is 1. The van der Waals surface area contributed by atoms with Crippen molar-refractivity contribution in [3.63, 3.8) is 0 Å². The van der Waals surface area contributed by atoms with Gasteiger partial charge < -0.3 is 20.6 Å². The van der Waals surface area contributed by atoms with Crippen molar-refractivity contribution in [1.29, 1.82) is 0 Å². The molecule has 184 valence electrons. The van der Waals surface area contributed by atoms with Crippen molar-refractivity contribution in [2.45, 2.75) is 34.3 Å². The van der Waals surface area contributed by atoms with Gasteiger partial charge in [0.15, 0.2) is 6.10 Å². The Labute approximate surface area is 204 Å². The molecule has 0 aliphatic carbocycles. The molecule has 0 bridgehead atoms. The first-order valence-electron chi connectivity index (χ1n) is 9.94. The van der Waals surface area contributed by atoms with Crippen molar-refractivity contribution in [3.05, 3.63) is 46.9 Å². The number of hydrogen-bond acceptors (Lipinski definition) is 10. The van der Waals surface area contributed by atoms with Gasteiger partial charge in [0.05, 0.1) is 6.42 Å². The van der Waals surface area contributed by atoms with Crippen molar-refractivity contribution in [2.24, 2.45) is 0 Å². The number of nitrogens with one attached hydrogen (secondary N) is 2. The molecule has 2 amide bonds. The molecule has 13 nitrogen and oxygen atoms in total. The summed E-state index contributed by atoms with van der Waals surface area (Å²) in [4.78, 5) is 49.9. The Hall–Kier alpha value is -3.50. The van der Waals surface area contributed by atoms with Gasteiger partial charge in [-0.3, -0.25) is 19.3 Å². The number of halogens is 1. The molecular formula is C19H17FN6O7S2. The fourth-order valence-corrected chi connectivity index (χ4v) is 6.20. The molecule has 35 heavy (non-hydrogen) atoms. The summed E-state index contributed by atoms with van der Waals surface area (Å²) in [5.74, 6) is -4.92. The number of aliphatic carboxylic acids is 2. The van der Waals surface area contributed by atoms with Gasteiger partial charge >= 0.3 is 11.9 Å². The van der Waals surface area contributed by atoms with Gasteiger partial charge in [0.25, 0.3) is 11.8 Å². The van der Waals surface area contributed by atoms with Crippen molar-refractivity contribution >= 4 is 47.3 Å². The molecule has 1 aromatic carbocycles. The monoisotopic (exact) mass is 524 g/mol. The van der Waals surface area contributed by atoms with E-state index in [0.29, 0.717) is 0 Å². The van der Waals surface area contributed by atoms with Crippen LogP contribution in [0.4, 0.5) is 4.39 Å². The number of amides is 2. The summed E-state index contributed by atoms with van der Waals surface area (Å²) in [6.45, 7) is 0. The second-order valence-corrected chi connectivity index (χ2v) is 9.71. The quantitative estimate of drug-likeness (QED) is 0.213. The number of aliphatic hydroxyl groups is 1. The van der Waals surface area contributed by atoms with Crippen LogP contribution in [-0.4, -0.2) is 87.0 Å². The molecular weight excluding hydrogens is 507 g/mol. The SMILES string of the molecule is O=C(O)CC(Sc1nn[nH]n1)C1=C(C(=O)O)N2C(=O)C(NC(=O)C(O)c3cccc(F)c3)[C@@H]2SC1. The number of hydrogen-bond donors (Lipinski definition) is 5. The minimum absolute atomic E-state index is 0.00849. The number of aliphatic hydroxyl groups excluding tert-OH is 1. The number of fused-ring (bicyclic) bond motifs is 1. The predicted molar refractivity (Wildman–Crippen MR) is 117 cm³/mol. The number of benzene rings is 1. The summed E-state index contributed by atoms with van der Waals surface area (Å²) >= 11 is 2.02. The van der Waals surface area contributed by atoms with E-state index in [1.807, 2.05) is 0 Å². The fourth-order valence-electron chi connectivity index (χ4n) is 3.67. The van der Waals surface area contributed by atoms with Gasteiger partial charge in [-0.15, -0.1) is 22.0 Å². The molecule has 0 saturated carbocycles. The van der Waals surface area contributed by atoms with Gasteiger partial charge in [-0.2, -0.15) is 5.21 Å². The van der Waals surface area contributed by atoms with E-state index in [0.717, 1.165) is 40.6 Å². The number of aromatic amines is 1. The molecule has 4 rings (SSSR count). The first-order valence-corrected chi connectivity index (χ1v) is 11.9. The van der Waals surface area contributed by atoms with Crippen molar-refractivity contribution in [2.75, 3.05) is 5.75 Å². The molecule has 3 unspecified atom stereocenters. The third-order valence-electron chi connectivity index (χ3n) is 5.23. The first-order chi connectivity index (χ1) is 16.7. The number of carboxylic acids is 2. The van der Waals surface area contributed by atoms with Gasteiger partial charge in [0.1, 0.15) is 22.9 Å². The molecule has 4 atom stereocenters. The van der Waals surface area contributed by atoms with Crippen LogP contribution in [0.15, 0.2) is 40.7 Å². The van der Waals surface area contributed by atoms with E-state index in [2.05, 4.69) is 25.9 Å². The number of carboxylic acid groups (broad SMARTS) is 2. The summed E-state index contributed by atoms with van der Waals surface area (Å²) in [7, 11) is 0. The zero-order valence-corrected chi connectivity index (χ0v) is 19.1. The number of carbonyl (C=O) groups excluding carboxylic acids is 2. The Bertz CT molecular complexity index is 1210. The van der Waals surface area contributed by atoms with E-state index in [1.54, 1.807) is 0 Å². The Balaban J connectivity index is 1.55. The maximum atomic E-state index is 13.4. The fraction of sp³-hybridized carbons (Fsp3) is 0.316. The average Bonchev–Trinajstić information content (AvgIpc) is 3.33. The minimum atomic E-state index is -1.74. The highest BCUT2D eigenvalue weighted by atomic mass is 32.2. The Morgan fingerprint density at radius 2 is 2.11 bits per heavy atom. The lowest BCUT2D eigenvalue weighted by atomic mass is 9.99. The molecule has 2 aliphatic heterocycles. The summed E-state index contributed by atoms with van der Waals surface area (Å²) < 4.78 is 13.4. The molecule has 1 saturated heterocycles. The Kier molecular flexibility index (Phi) is 7.04. The number of tetrazole rings is 1. The van der Waals surface area contributed by atoms with Crippen molar-refractivity contribution in [1.82, 2.24) is 30.8 Å². The van der Waals surface area contributed by atoms with Gasteiger partial charge in [0.2, 0.25) is 5.16 Å². The van der Waals surface area contributed by atoms with E-state index in [4.69, 9.17) is 0 Å². The topological polar surface area (TPSA) is 199 Å². The summed E-state index contributed by atoms with van der Waals surface area (Å²) in [6.07, 6.45) is -2.20. The second-order valence-electron chi connectivity index (χ2n) is 7.43. The number of carbonyl (C=O) groups is 4. The lowest BCUT2D eigenvalue weighted by Crippen LogP contribution is -2.71. The molecule has 2 aliphatic rings. The van der Waals surface area contributed by atoms with Crippen LogP contribution in [0, 0.1) is 5.82 Å². The van der Waals surface area contributed by atoms with Crippen molar-refractivity contribution < 1.29 is 38.9 Å². The van der Waals surface area contributed by atoms with Crippen LogP contribution < -0.4 is 5.32 Å². The molecule has 3 heterocycles. The van der Waals surface area contributed by atoms with Crippen LogP contribution in [0.25, 0.3) is 0 Å². The van der Waals surface area contributed by atoms with Crippen LogP contribution in [0.2, 0.25) is 0 Å². The average molecular weight is 525 g/mol. The second kappa shape index (κ2) is 10.0. The van der Waals surface area contributed by atoms with E-state index < -0.39 is 58.8 Å². The first kappa shape index (κ1) is 24.6. The van der Waals surface area contributed by atoms with Crippen LogP contribution >= 0.6 is 23.5 Å². The van der Waals surface area contributed by atoms with Crippen LogP contribution in [0.3, 0.4) is 0 Å². The third-order valence-corrected chi connectivity index (χ3v) is 7.65. The maximum absolute atomic E-state index is 13.4. The number of thioether (sulfide) groups is 2. The highest BCUT2D eigenvalue weighted by Crippen LogP contribution is 2.44. The van der Waals surface area contributed by atoms with Crippen LogP contribution in [-0.2, 0) is 19.2 Å². The molecule has 5 N–H and O–H groups in total. The van der Waals surface area contributed by atoms with Gasteiger partial charge in [0, 0.05) is 11.0 Å². The highest BCUT2D eigenvalue weighted by Gasteiger charge is 2.55. The molecule has 16 heteroatoms. The minimum Gasteiger partial charge on any atom is -0.481 e. The molecule has 1 aromatic heterocycles. The number of nitrogens with zero attached hydrogens (tertiary/aromatic N) is 4. The number of aromatic nitrogens is 4. The summed E-state index contributed by atoms with van der Waals surface area (Å²) in [5.41, 5.74) is -0.197. The van der Waals surface area contributed by atoms with E-state index in [-0.39, 0.29) is 27.7 Å². The number of β-lactam (4-membered cyclic amide) rings is 1. The highest BCUT2D eigenvalue weighted by molar-refractivity contribution is 8.01. The lowest BCUT2D eigenvalue weighted by molar-refractivity contribution is -0.151. The largest absolute Gasteiger partial charge is 0.481 e. The van der Waals surface area contributed by atoms with E-state index in [9.17, 15) is 38.9 Å². The molecule has 0 spiro atoms. The zero-order chi connectivity index (χ0) is 25.3. The van der Waals surface area contributed by atoms with Gasteiger partial charge in [-0.25, -0.2) is 9.18 Å². The van der Waals surface area contributed by atoms with E-state index >= 15 is 0 Å². The summed E-state index contributed by atoms with van der Waals surface area (Å²) in [5, 5.41) is 43.3. The van der Waals surface area contributed by atoms with E-state index in [1.165, 1.54) is 12.1 Å². The molecule has 0 radical (unpaired) electrons. The molecule has 1 fully saturated rings. The van der Waals surface area contributed by atoms with Gasteiger partial charge in [-0.1, -0.05) is 23.9 Å². The standard InChI is InChI=1S/C19H17FN6O7S2/c20-8-3-1-2-7(4-8)14(29)15(30)21-12-16(31)26-13(18(32)33)9(6-34-17(12)26)10(5-11(27)28)35-19-22-24-25-23-19/h1-4,10,12,14,17,29H,5-6H2,(H,21,30)(H,27,28)(H,32,33)(H,22,23,24,25)/t10?,12?,14?,17-/m0/s1. The zero-order valence-electron chi connectivity index (χ0n) is 17.5.